The van der Waals surface area contributed by atoms with Crippen molar-refractivity contribution < 1.29 is 19.3 Å². The molecule has 8 heteroatoms. The number of aromatic nitrogens is 1. The van der Waals surface area contributed by atoms with E-state index in [4.69, 9.17) is 19.6 Å². The zero-order valence-electron chi connectivity index (χ0n) is 19.1. The third kappa shape index (κ3) is 6.91. The molecule has 0 saturated carbocycles. The van der Waals surface area contributed by atoms with Crippen molar-refractivity contribution in [1.82, 2.24) is 10.3 Å². The number of aliphatic hydroxyl groups excluding tert-OH is 1. The van der Waals surface area contributed by atoms with Crippen LogP contribution >= 0.6 is 0 Å². The molecule has 1 atom stereocenters. The summed E-state index contributed by atoms with van der Waals surface area (Å²) >= 11 is 0. The van der Waals surface area contributed by atoms with Crippen LogP contribution in [0.4, 0.5) is 0 Å². The van der Waals surface area contributed by atoms with Crippen LogP contribution in [0, 0.1) is 5.41 Å². The van der Waals surface area contributed by atoms with Gasteiger partial charge in [0.15, 0.2) is 0 Å². The topological polar surface area (TPSA) is 96.7 Å². The molecule has 1 unspecified atom stereocenters. The highest BCUT2D eigenvalue weighted by Gasteiger charge is 2.24. The molecule has 0 amide bonds. The van der Waals surface area contributed by atoms with Crippen molar-refractivity contribution in [2.24, 2.45) is 0 Å². The first kappa shape index (κ1) is 24.0. The molecule has 32 heavy (non-hydrogen) atoms. The lowest BCUT2D eigenvalue weighted by molar-refractivity contribution is 0.139. The number of allylic oxidation sites excluding steroid dienone is 1. The van der Waals surface area contributed by atoms with E-state index in [1.807, 2.05) is 24.3 Å². The second-order valence-corrected chi connectivity index (χ2v) is 14.6. The van der Waals surface area contributed by atoms with Crippen LogP contribution in [0.2, 0.25) is 25.7 Å². The number of hydrogen-bond donors (Lipinski definition) is 3. The van der Waals surface area contributed by atoms with E-state index >= 15 is 0 Å². The molecule has 172 valence electrons. The van der Waals surface area contributed by atoms with Crippen LogP contribution in [0.25, 0.3) is 5.70 Å². The Balaban J connectivity index is 1.57. The van der Waals surface area contributed by atoms with E-state index in [2.05, 4.69) is 29.9 Å². The number of aliphatic hydroxyl groups is 1. The van der Waals surface area contributed by atoms with Gasteiger partial charge in [-0.15, -0.1) is 0 Å². The molecule has 0 saturated heterocycles. The number of ether oxygens (including phenoxy) is 3. The maximum Gasteiger partial charge on any atom is 0.219 e. The van der Waals surface area contributed by atoms with Crippen molar-refractivity contribution in [2.75, 3.05) is 26.6 Å². The Morgan fingerprint density at radius 1 is 1.31 bits per heavy atom. The van der Waals surface area contributed by atoms with E-state index in [0.717, 1.165) is 35.2 Å². The van der Waals surface area contributed by atoms with Crippen molar-refractivity contribution in [3.05, 3.63) is 53.7 Å². The summed E-state index contributed by atoms with van der Waals surface area (Å²) in [5.74, 6) is 2.15. The van der Waals surface area contributed by atoms with Crippen LogP contribution in [-0.4, -0.2) is 50.9 Å². The molecule has 1 aromatic carbocycles. The van der Waals surface area contributed by atoms with Gasteiger partial charge in [-0.25, -0.2) is 4.98 Å². The standard InChI is InChI=1S/C24H33N3O4Si/c1-32(2,3)13-12-29-17-27-22(8-10-25)18-4-7-24(26-15-18)31-20-5-6-21-19(9-11-28)16-30-23(21)14-20/h4-8,10,14-15,19,25,27-28H,9,11-13,16-17H2,1-3H3/b22-8-,25-10?. The summed E-state index contributed by atoms with van der Waals surface area (Å²) in [5.41, 5.74) is 2.72. The lowest BCUT2D eigenvalue weighted by Gasteiger charge is -2.16. The maximum atomic E-state index is 9.18. The van der Waals surface area contributed by atoms with Crippen LogP contribution in [0.1, 0.15) is 23.5 Å². The summed E-state index contributed by atoms with van der Waals surface area (Å²) in [6.45, 7) is 8.82. The normalized spacial score (nSPS) is 15.8. The molecule has 1 aliphatic heterocycles. The molecule has 0 aliphatic carbocycles. The van der Waals surface area contributed by atoms with E-state index in [-0.39, 0.29) is 12.5 Å². The number of pyridine rings is 1. The predicted octanol–water partition coefficient (Wildman–Crippen LogP) is 4.62. The monoisotopic (exact) mass is 455 g/mol. The summed E-state index contributed by atoms with van der Waals surface area (Å²) in [6.07, 6.45) is 5.32. The number of rotatable bonds is 12. The molecule has 0 spiro atoms. The highest BCUT2D eigenvalue weighted by atomic mass is 28.3. The SMILES string of the molecule is C[Si](C)(C)CCOCN/C(=C\C=N)c1ccc(Oc2ccc3c(c2)OCC3CCO)nc1. The molecule has 3 N–H and O–H groups in total. The highest BCUT2D eigenvalue weighted by molar-refractivity contribution is 6.76. The van der Waals surface area contributed by atoms with E-state index in [9.17, 15) is 5.11 Å². The minimum atomic E-state index is -1.11. The molecule has 3 rings (SSSR count). The fraction of sp³-hybridized carbons (Fsp3) is 0.417. The lowest BCUT2D eigenvalue weighted by atomic mass is 9.98. The Bertz CT molecular complexity index is 926. The summed E-state index contributed by atoms with van der Waals surface area (Å²) in [7, 11) is -1.11. The van der Waals surface area contributed by atoms with Crippen molar-refractivity contribution >= 4 is 20.0 Å². The van der Waals surface area contributed by atoms with Gasteiger partial charge in [-0.3, -0.25) is 0 Å². The molecular formula is C24H33N3O4Si. The van der Waals surface area contributed by atoms with E-state index in [0.29, 0.717) is 31.4 Å². The van der Waals surface area contributed by atoms with Crippen LogP contribution in [0.3, 0.4) is 0 Å². The molecule has 2 aromatic rings. The molecule has 0 radical (unpaired) electrons. The fourth-order valence-electron chi connectivity index (χ4n) is 3.36. The van der Waals surface area contributed by atoms with Gasteiger partial charge in [0.05, 0.1) is 6.61 Å². The highest BCUT2D eigenvalue weighted by Crippen LogP contribution is 2.38. The lowest BCUT2D eigenvalue weighted by Crippen LogP contribution is -2.24. The quantitative estimate of drug-likeness (QED) is 0.187. The number of fused-ring (bicyclic) bond motifs is 1. The zero-order chi connectivity index (χ0) is 23.0. The second-order valence-electron chi connectivity index (χ2n) is 8.99. The molecule has 0 fully saturated rings. The zero-order valence-corrected chi connectivity index (χ0v) is 20.1. The largest absolute Gasteiger partial charge is 0.493 e. The first-order valence-electron chi connectivity index (χ1n) is 10.9. The van der Waals surface area contributed by atoms with Crippen molar-refractivity contribution in [3.8, 4) is 17.4 Å². The number of benzene rings is 1. The van der Waals surface area contributed by atoms with Crippen molar-refractivity contribution in [2.45, 2.75) is 38.0 Å². The van der Waals surface area contributed by atoms with Gasteiger partial charge >= 0.3 is 0 Å². The first-order valence-corrected chi connectivity index (χ1v) is 14.6. The molecule has 2 heterocycles. The van der Waals surface area contributed by atoms with Crippen LogP contribution in [0.15, 0.2) is 42.6 Å². The smallest absolute Gasteiger partial charge is 0.219 e. The fourth-order valence-corrected chi connectivity index (χ4v) is 4.11. The van der Waals surface area contributed by atoms with E-state index in [1.54, 1.807) is 18.3 Å². The molecule has 1 aliphatic rings. The number of hydrogen-bond acceptors (Lipinski definition) is 7. The first-order chi connectivity index (χ1) is 15.4. The van der Waals surface area contributed by atoms with Crippen LogP contribution in [-0.2, 0) is 4.74 Å². The molecular weight excluding hydrogens is 422 g/mol. The minimum absolute atomic E-state index is 0.149. The van der Waals surface area contributed by atoms with Gasteiger partial charge in [0.25, 0.3) is 0 Å². The van der Waals surface area contributed by atoms with Gasteiger partial charge < -0.3 is 30.0 Å². The third-order valence-electron chi connectivity index (χ3n) is 5.22. The van der Waals surface area contributed by atoms with Gasteiger partial charge in [0, 0.05) is 68.6 Å². The van der Waals surface area contributed by atoms with Gasteiger partial charge in [-0.05, 0) is 30.7 Å². The minimum Gasteiger partial charge on any atom is -0.493 e. The van der Waals surface area contributed by atoms with Crippen LogP contribution in [0.5, 0.6) is 17.4 Å². The summed E-state index contributed by atoms with van der Waals surface area (Å²) in [4.78, 5) is 4.40. The maximum absolute atomic E-state index is 9.18. The number of nitrogens with zero attached hydrogens (tertiary/aromatic N) is 1. The van der Waals surface area contributed by atoms with Gasteiger partial charge in [-0.2, -0.15) is 0 Å². The Morgan fingerprint density at radius 2 is 2.16 bits per heavy atom. The van der Waals surface area contributed by atoms with E-state index in [1.165, 1.54) is 6.21 Å². The van der Waals surface area contributed by atoms with Crippen molar-refractivity contribution in [3.63, 3.8) is 0 Å². The van der Waals surface area contributed by atoms with E-state index < -0.39 is 8.07 Å². The molecule has 7 nitrogen and oxygen atoms in total. The summed E-state index contributed by atoms with van der Waals surface area (Å²) < 4.78 is 17.3. The van der Waals surface area contributed by atoms with Gasteiger partial charge in [0.2, 0.25) is 5.88 Å². The second kappa shape index (κ2) is 11.3. The Kier molecular flexibility index (Phi) is 8.44. The summed E-state index contributed by atoms with van der Waals surface area (Å²) in [5, 5.41) is 19.8. The number of nitrogens with one attached hydrogen (secondary N) is 2. The third-order valence-corrected chi connectivity index (χ3v) is 6.93. The van der Waals surface area contributed by atoms with Gasteiger partial charge in [0.1, 0.15) is 18.2 Å². The Morgan fingerprint density at radius 3 is 2.84 bits per heavy atom. The Hall–Kier alpha value is -2.68. The van der Waals surface area contributed by atoms with Crippen molar-refractivity contribution in [1.29, 1.82) is 5.41 Å². The molecule has 0 bridgehead atoms. The predicted molar refractivity (Wildman–Crippen MR) is 130 cm³/mol. The molecule has 1 aromatic heterocycles. The Labute approximate surface area is 191 Å². The van der Waals surface area contributed by atoms with Crippen LogP contribution < -0.4 is 14.8 Å². The summed E-state index contributed by atoms with van der Waals surface area (Å²) in [6, 6.07) is 10.6. The average molecular weight is 456 g/mol. The average Bonchev–Trinajstić information content (AvgIpc) is 3.15. The van der Waals surface area contributed by atoms with Gasteiger partial charge in [-0.1, -0.05) is 25.7 Å².